The lowest BCUT2D eigenvalue weighted by atomic mass is 10.0. The zero-order chi connectivity index (χ0) is 13.0. The lowest BCUT2D eigenvalue weighted by Gasteiger charge is -2.30. The summed E-state index contributed by atoms with van der Waals surface area (Å²) in [6.45, 7) is 2.67. The van der Waals surface area contributed by atoms with Gasteiger partial charge in [0.15, 0.2) is 0 Å². The van der Waals surface area contributed by atoms with Crippen LogP contribution in [0, 0.1) is 0 Å². The first-order valence-electron chi connectivity index (χ1n) is 6.33. The first-order valence-corrected chi connectivity index (χ1v) is 6.33. The minimum absolute atomic E-state index is 0.00319. The Morgan fingerprint density at radius 1 is 1.28 bits per heavy atom. The summed E-state index contributed by atoms with van der Waals surface area (Å²) in [6, 6.07) is 10.0. The predicted octanol–water partition coefficient (Wildman–Crippen LogP) is 1.49. The molecule has 1 unspecified atom stereocenters. The molecule has 0 spiro atoms. The van der Waals surface area contributed by atoms with Crippen LogP contribution in [0.1, 0.15) is 31.4 Å². The van der Waals surface area contributed by atoms with E-state index in [-0.39, 0.29) is 24.4 Å². The second-order valence-electron chi connectivity index (χ2n) is 4.45. The summed E-state index contributed by atoms with van der Waals surface area (Å²) in [4.78, 5) is 25.2. The van der Waals surface area contributed by atoms with E-state index in [1.165, 1.54) is 0 Å². The normalized spacial score (nSPS) is 18.2. The summed E-state index contributed by atoms with van der Waals surface area (Å²) in [6.07, 6.45) is 1.24. The van der Waals surface area contributed by atoms with Crippen molar-refractivity contribution < 1.29 is 9.59 Å². The molecule has 0 aliphatic carbocycles. The highest BCUT2D eigenvalue weighted by atomic mass is 16.2. The predicted molar refractivity (Wildman–Crippen MR) is 68.8 cm³/mol. The molecule has 4 heteroatoms. The van der Waals surface area contributed by atoms with E-state index < -0.39 is 0 Å². The molecule has 96 valence electrons. The zero-order valence-electron chi connectivity index (χ0n) is 10.6. The van der Waals surface area contributed by atoms with E-state index in [0.29, 0.717) is 13.0 Å². The van der Waals surface area contributed by atoms with Gasteiger partial charge in [-0.05, 0) is 12.0 Å². The van der Waals surface area contributed by atoms with Crippen LogP contribution in [0.25, 0.3) is 0 Å². The monoisotopic (exact) mass is 246 g/mol. The Kier molecular flexibility index (Phi) is 3.97. The Bertz CT molecular complexity index is 431. The van der Waals surface area contributed by atoms with E-state index >= 15 is 0 Å². The molecular formula is C14H18N2O2. The molecule has 4 nitrogen and oxygen atoms in total. The lowest BCUT2D eigenvalue weighted by molar-refractivity contribution is -0.132. The fourth-order valence-electron chi connectivity index (χ4n) is 2.35. The molecule has 1 aromatic carbocycles. The molecule has 1 atom stereocenters. The Morgan fingerprint density at radius 3 is 2.67 bits per heavy atom. The van der Waals surface area contributed by atoms with Gasteiger partial charge in [-0.25, -0.2) is 0 Å². The average molecular weight is 246 g/mol. The molecule has 0 radical (unpaired) electrons. The van der Waals surface area contributed by atoms with Gasteiger partial charge in [-0.1, -0.05) is 37.3 Å². The molecule has 1 saturated heterocycles. The third kappa shape index (κ3) is 2.70. The van der Waals surface area contributed by atoms with E-state index in [1.807, 2.05) is 35.2 Å². The molecule has 1 fully saturated rings. The SMILES string of the molecule is CCC(c1ccccc1)N1CCC(=O)NCC1=O. The van der Waals surface area contributed by atoms with Crippen molar-refractivity contribution in [2.45, 2.75) is 25.8 Å². The highest BCUT2D eigenvalue weighted by Crippen LogP contribution is 2.24. The van der Waals surface area contributed by atoms with Gasteiger partial charge in [0.05, 0.1) is 12.6 Å². The molecule has 1 heterocycles. The number of benzene rings is 1. The van der Waals surface area contributed by atoms with Crippen molar-refractivity contribution in [3.63, 3.8) is 0 Å². The molecule has 1 aliphatic rings. The number of carbonyl (C=O) groups excluding carboxylic acids is 2. The van der Waals surface area contributed by atoms with Crippen molar-refractivity contribution in [3.05, 3.63) is 35.9 Å². The first-order chi connectivity index (χ1) is 8.72. The molecular weight excluding hydrogens is 228 g/mol. The number of hydrogen-bond acceptors (Lipinski definition) is 2. The highest BCUT2D eigenvalue weighted by molar-refractivity contribution is 5.87. The molecule has 2 rings (SSSR count). The van der Waals surface area contributed by atoms with Gasteiger partial charge < -0.3 is 10.2 Å². The second kappa shape index (κ2) is 5.67. The smallest absolute Gasteiger partial charge is 0.242 e. The Balaban J connectivity index is 2.21. The van der Waals surface area contributed by atoms with Gasteiger partial charge in [0.25, 0.3) is 0 Å². The third-order valence-electron chi connectivity index (χ3n) is 3.28. The maximum atomic E-state index is 12.0. The number of rotatable bonds is 3. The second-order valence-corrected chi connectivity index (χ2v) is 4.45. The number of nitrogens with zero attached hydrogens (tertiary/aromatic N) is 1. The molecule has 1 aromatic rings. The van der Waals surface area contributed by atoms with E-state index in [0.717, 1.165) is 12.0 Å². The van der Waals surface area contributed by atoms with Gasteiger partial charge in [-0.15, -0.1) is 0 Å². The van der Waals surface area contributed by atoms with E-state index in [2.05, 4.69) is 12.2 Å². The largest absolute Gasteiger partial charge is 0.347 e. The van der Waals surface area contributed by atoms with Crippen molar-refractivity contribution >= 4 is 11.8 Å². The van der Waals surface area contributed by atoms with Gasteiger partial charge in [0, 0.05) is 13.0 Å². The van der Waals surface area contributed by atoms with Gasteiger partial charge in [-0.3, -0.25) is 9.59 Å². The number of hydrogen-bond donors (Lipinski definition) is 1. The summed E-state index contributed by atoms with van der Waals surface area (Å²) < 4.78 is 0. The maximum Gasteiger partial charge on any atom is 0.242 e. The van der Waals surface area contributed by atoms with Crippen LogP contribution in [-0.2, 0) is 9.59 Å². The Hall–Kier alpha value is -1.84. The van der Waals surface area contributed by atoms with Crippen LogP contribution < -0.4 is 5.32 Å². The van der Waals surface area contributed by atoms with Crippen molar-refractivity contribution in [1.29, 1.82) is 0 Å². The van der Waals surface area contributed by atoms with Gasteiger partial charge in [0.2, 0.25) is 11.8 Å². The number of amides is 2. The average Bonchev–Trinajstić information content (AvgIpc) is 2.56. The van der Waals surface area contributed by atoms with Crippen LogP contribution >= 0.6 is 0 Å². The third-order valence-corrected chi connectivity index (χ3v) is 3.28. The summed E-state index contributed by atoms with van der Waals surface area (Å²) in [5.74, 6) is -0.0506. The summed E-state index contributed by atoms with van der Waals surface area (Å²) >= 11 is 0. The van der Waals surface area contributed by atoms with Crippen molar-refractivity contribution in [3.8, 4) is 0 Å². The van der Waals surface area contributed by atoms with Crippen LogP contribution in [0.3, 0.4) is 0 Å². The van der Waals surface area contributed by atoms with E-state index in [4.69, 9.17) is 0 Å². The Morgan fingerprint density at radius 2 is 2.00 bits per heavy atom. The minimum Gasteiger partial charge on any atom is -0.347 e. The van der Waals surface area contributed by atoms with Crippen molar-refractivity contribution in [2.75, 3.05) is 13.1 Å². The van der Waals surface area contributed by atoms with E-state index in [1.54, 1.807) is 0 Å². The number of carbonyl (C=O) groups is 2. The van der Waals surface area contributed by atoms with E-state index in [9.17, 15) is 9.59 Å². The fraction of sp³-hybridized carbons (Fsp3) is 0.429. The van der Waals surface area contributed by atoms with Crippen LogP contribution in [0.15, 0.2) is 30.3 Å². The molecule has 0 saturated carbocycles. The van der Waals surface area contributed by atoms with Gasteiger partial charge in [0.1, 0.15) is 0 Å². The summed E-state index contributed by atoms with van der Waals surface area (Å²) in [5.41, 5.74) is 1.13. The van der Waals surface area contributed by atoms with Gasteiger partial charge in [-0.2, -0.15) is 0 Å². The molecule has 18 heavy (non-hydrogen) atoms. The summed E-state index contributed by atoms with van der Waals surface area (Å²) in [5, 5.41) is 2.62. The molecule has 1 N–H and O–H groups in total. The molecule has 0 bridgehead atoms. The van der Waals surface area contributed by atoms with Crippen LogP contribution in [0.4, 0.5) is 0 Å². The molecule has 0 aromatic heterocycles. The zero-order valence-corrected chi connectivity index (χ0v) is 10.6. The quantitative estimate of drug-likeness (QED) is 0.878. The lowest BCUT2D eigenvalue weighted by Crippen LogP contribution is -2.37. The maximum absolute atomic E-state index is 12.0. The standard InChI is InChI=1S/C14H18N2O2/c1-2-12(11-6-4-3-5-7-11)16-9-8-13(17)15-10-14(16)18/h3-7,12H,2,8-10H2,1H3,(H,15,17). The van der Waals surface area contributed by atoms with Crippen LogP contribution in [0.5, 0.6) is 0 Å². The summed E-state index contributed by atoms with van der Waals surface area (Å²) in [7, 11) is 0. The minimum atomic E-state index is -0.0474. The molecule has 1 aliphatic heterocycles. The Labute approximate surface area is 107 Å². The van der Waals surface area contributed by atoms with Gasteiger partial charge >= 0.3 is 0 Å². The van der Waals surface area contributed by atoms with Crippen molar-refractivity contribution in [2.24, 2.45) is 0 Å². The van der Waals surface area contributed by atoms with Crippen LogP contribution in [0.2, 0.25) is 0 Å². The van der Waals surface area contributed by atoms with Crippen LogP contribution in [-0.4, -0.2) is 29.8 Å². The van der Waals surface area contributed by atoms with Crippen molar-refractivity contribution in [1.82, 2.24) is 10.2 Å². The topological polar surface area (TPSA) is 49.4 Å². The highest BCUT2D eigenvalue weighted by Gasteiger charge is 2.26. The number of nitrogens with one attached hydrogen (secondary N) is 1. The first kappa shape index (κ1) is 12.6. The molecule has 2 amide bonds. The fourth-order valence-corrected chi connectivity index (χ4v) is 2.35.